The van der Waals surface area contributed by atoms with Crippen molar-refractivity contribution in [3.05, 3.63) is 228 Å². The molecule has 4 heteroatoms. The number of hydrogen-bond donors (Lipinski definition) is 0. The maximum atomic E-state index is 5.46. The standard InChI is InChI=1S/C58H50N4/c1-39-30-41(3)56(42(4)31-39)62(57-43(5)32-40(2)33-44(57)6)52-29-19-28-51(37-52)61(53-35-49(45-20-11-7-12-21-45)34-50(36-53)46-22-13-8-14-23-46)55-38-54(47-24-15-9-16-25-47)59-58(60-55)48-26-17-10-18-27-48/h7-38H,1-6H3. The Hall–Kier alpha value is -7.56. The zero-order valence-electron chi connectivity index (χ0n) is 36.3. The summed E-state index contributed by atoms with van der Waals surface area (Å²) >= 11 is 0. The van der Waals surface area contributed by atoms with Crippen LogP contribution in [0.15, 0.2) is 194 Å². The fourth-order valence-corrected chi connectivity index (χ4v) is 8.96. The molecule has 0 saturated carbocycles. The zero-order valence-corrected chi connectivity index (χ0v) is 36.3. The minimum Gasteiger partial charge on any atom is -0.309 e. The lowest BCUT2D eigenvalue weighted by atomic mass is 9.97. The quantitative estimate of drug-likeness (QED) is 0.138. The van der Waals surface area contributed by atoms with E-state index in [-0.39, 0.29) is 0 Å². The predicted molar refractivity (Wildman–Crippen MR) is 262 cm³/mol. The average Bonchev–Trinajstić information content (AvgIpc) is 3.29. The molecule has 9 rings (SSSR count). The maximum absolute atomic E-state index is 5.46. The zero-order chi connectivity index (χ0) is 42.7. The fraction of sp³-hybridized carbons (Fsp3) is 0.103. The Balaban J connectivity index is 1.35. The van der Waals surface area contributed by atoms with Crippen molar-refractivity contribution >= 4 is 34.3 Å². The number of benzene rings is 8. The molecule has 4 nitrogen and oxygen atoms in total. The Kier molecular flexibility index (Phi) is 11.1. The second kappa shape index (κ2) is 17.2. The number of rotatable bonds is 10. The van der Waals surface area contributed by atoms with Gasteiger partial charge in [-0.3, -0.25) is 4.90 Å². The third-order valence-corrected chi connectivity index (χ3v) is 11.5. The molecule has 8 aromatic carbocycles. The van der Waals surface area contributed by atoms with Crippen molar-refractivity contribution in [2.75, 3.05) is 9.80 Å². The summed E-state index contributed by atoms with van der Waals surface area (Å²) in [6, 6.07) is 69.1. The summed E-state index contributed by atoms with van der Waals surface area (Å²) < 4.78 is 0. The summed E-state index contributed by atoms with van der Waals surface area (Å²) in [5.41, 5.74) is 20.1. The van der Waals surface area contributed by atoms with Crippen molar-refractivity contribution in [1.29, 1.82) is 0 Å². The fourth-order valence-electron chi connectivity index (χ4n) is 8.96. The van der Waals surface area contributed by atoms with Gasteiger partial charge in [-0.1, -0.05) is 163 Å². The van der Waals surface area contributed by atoms with E-state index in [2.05, 4.69) is 221 Å². The van der Waals surface area contributed by atoms with Crippen molar-refractivity contribution < 1.29 is 0 Å². The average molecular weight is 803 g/mol. The Labute approximate surface area is 366 Å². The Morgan fingerprint density at radius 1 is 0.306 bits per heavy atom. The summed E-state index contributed by atoms with van der Waals surface area (Å²) in [5.74, 6) is 1.42. The number of aromatic nitrogens is 2. The third kappa shape index (κ3) is 8.16. The molecular weight excluding hydrogens is 753 g/mol. The van der Waals surface area contributed by atoms with Gasteiger partial charge in [0.1, 0.15) is 5.82 Å². The van der Waals surface area contributed by atoms with Crippen LogP contribution in [0.4, 0.5) is 34.3 Å². The van der Waals surface area contributed by atoms with E-state index in [1.54, 1.807) is 0 Å². The predicted octanol–water partition coefficient (Wildman–Crippen LogP) is 15.9. The highest BCUT2D eigenvalue weighted by Gasteiger charge is 2.25. The molecule has 0 saturated heterocycles. The summed E-state index contributed by atoms with van der Waals surface area (Å²) in [4.78, 5) is 15.4. The van der Waals surface area contributed by atoms with Gasteiger partial charge in [0, 0.05) is 34.3 Å². The van der Waals surface area contributed by atoms with Gasteiger partial charge in [0.25, 0.3) is 0 Å². The monoisotopic (exact) mass is 802 g/mol. The Morgan fingerprint density at radius 2 is 0.726 bits per heavy atom. The minimum absolute atomic E-state index is 0.657. The van der Waals surface area contributed by atoms with Gasteiger partial charge >= 0.3 is 0 Å². The highest BCUT2D eigenvalue weighted by atomic mass is 15.2. The van der Waals surface area contributed by atoms with Crippen molar-refractivity contribution in [3.8, 4) is 44.9 Å². The molecule has 1 aromatic heterocycles. The third-order valence-electron chi connectivity index (χ3n) is 11.5. The molecule has 0 fully saturated rings. The molecule has 0 aliphatic carbocycles. The molecule has 1 heterocycles. The first-order valence-corrected chi connectivity index (χ1v) is 21.3. The van der Waals surface area contributed by atoms with E-state index in [9.17, 15) is 0 Å². The SMILES string of the molecule is Cc1cc(C)c(N(c2cccc(N(c3cc(-c4ccccc4)cc(-c4ccccc4)c3)c3cc(-c4ccccc4)nc(-c4ccccc4)n3)c2)c2c(C)cc(C)cc2C)c(C)c1. The van der Waals surface area contributed by atoms with Crippen LogP contribution in [0.1, 0.15) is 33.4 Å². The molecule has 0 radical (unpaired) electrons. The van der Waals surface area contributed by atoms with Crippen LogP contribution in [-0.2, 0) is 0 Å². The molecular formula is C58H50N4. The number of anilines is 6. The Morgan fingerprint density at radius 3 is 1.19 bits per heavy atom. The van der Waals surface area contributed by atoms with Gasteiger partial charge in [-0.15, -0.1) is 0 Å². The molecule has 0 aliphatic rings. The number of aryl methyl sites for hydroxylation is 6. The van der Waals surface area contributed by atoms with Crippen LogP contribution >= 0.6 is 0 Å². The lowest BCUT2D eigenvalue weighted by Crippen LogP contribution is -2.17. The lowest BCUT2D eigenvalue weighted by Gasteiger charge is -2.33. The van der Waals surface area contributed by atoms with Crippen LogP contribution in [-0.4, -0.2) is 9.97 Å². The molecule has 0 unspecified atom stereocenters. The second-order valence-electron chi connectivity index (χ2n) is 16.4. The highest BCUT2D eigenvalue weighted by Crippen LogP contribution is 2.46. The van der Waals surface area contributed by atoms with Gasteiger partial charge in [-0.05, 0) is 122 Å². The Bertz CT molecular complexity index is 2670. The first-order chi connectivity index (χ1) is 30.2. The first kappa shape index (κ1) is 39.9. The van der Waals surface area contributed by atoms with Gasteiger partial charge in [0.15, 0.2) is 5.82 Å². The number of nitrogens with zero attached hydrogens (tertiary/aromatic N) is 4. The number of hydrogen-bond acceptors (Lipinski definition) is 4. The highest BCUT2D eigenvalue weighted by molar-refractivity contribution is 5.89. The topological polar surface area (TPSA) is 32.3 Å². The molecule has 0 atom stereocenters. The van der Waals surface area contributed by atoms with Gasteiger partial charge in [-0.2, -0.15) is 0 Å². The molecule has 0 amide bonds. The van der Waals surface area contributed by atoms with Gasteiger partial charge in [0.2, 0.25) is 0 Å². The molecule has 9 aromatic rings. The molecule has 302 valence electrons. The van der Waals surface area contributed by atoms with Crippen LogP contribution in [0.25, 0.3) is 44.9 Å². The molecule has 0 N–H and O–H groups in total. The van der Waals surface area contributed by atoms with E-state index >= 15 is 0 Å². The summed E-state index contributed by atoms with van der Waals surface area (Å²) in [7, 11) is 0. The van der Waals surface area contributed by atoms with Crippen molar-refractivity contribution in [3.63, 3.8) is 0 Å². The largest absolute Gasteiger partial charge is 0.309 e. The molecule has 0 aliphatic heterocycles. The summed E-state index contributed by atoms with van der Waals surface area (Å²) in [6.07, 6.45) is 0. The van der Waals surface area contributed by atoms with Crippen LogP contribution in [0, 0.1) is 41.5 Å². The van der Waals surface area contributed by atoms with E-state index < -0.39 is 0 Å². The van der Waals surface area contributed by atoms with Crippen molar-refractivity contribution in [2.45, 2.75) is 41.5 Å². The lowest BCUT2D eigenvalue weighted by molar-refractivity contribution is 1.12. The normalized spacial score (nSPS) is 11.1. The van der Waals surface area contributed by atoms with Crippen molar-refractivity contribution in [2.24, 2.45) is 0 Å². The van der Waals surface area contributed by atoms with Gasteiger partial charge < -0.3 is 4.90 Å². The van der Waals surface area contributed by atoms with Gasteiger partial charge in [-0.25, -0.2) is 9.97 Å². The first-order valence-electron chi connectivity index (χ1n) is 21.3. The molecule has 0 bridgehead atoms. The van der Waals surface area contributed by atoms with Crippen LogP contribution < -0.4 is 9.80 Å². The summed E-state index contributed by atoms with van der Waals surface area (Å²) in [5, 5.41) is 0. The van der Waals surface area contributed by atoms with E-state index in [1.165, 1.54) is 44.8 Å². The van der Waals surface area contributed by atoms with Crippen LogP contribution in [0.3, 0.4) is 0 Å². The second-order valence-corrected chi connectivity index (χ2v) is 16.4. The van der Waals surface area contributed by atoms with E-state index in [0.717, 1.165) is 62.0 Å². The maximum Gasteiger partial charge on any atom is 0.162 e. The van der Waals surface area contributed by atoms with Crippen LogP contribution in [0.5, 0.6) is 0 Å². The van der Waals surface area contributed by atoms with Crippen molar-refractivity contribution in [1.82, 2.24) is 9.97 Å². The smallest absolute Gasteiger partial charge is 0.162 e. The minimum atomic E-state index is 0.657. The van der Waals surface area contributed by atoms with E-state index in [4.69, 9.17) is 9.97 Å². The molecule has 0 spiro atoms. The van der Waals surface area contributed by atoms with E-state index in [1.807, 2.05) is 24.3 Å². The summed E-state index contributed by atoms with van der Waals surface area (Å²) in [6.45, 7) is 13.3. The molecule has 62 heavy (non-hydrogen) atoms. The van der Waals surface area contributed by atoms with E-state index in [0.29, 0.717) is 5.82 Å². The van der Waals surface area contributed by atoms with Crippen LogP contribution in [0.2, 0.25) is 0 Å². The van der Waals surface area contributed by atoms with Gasteiger partial charge in [0.05, 0.1) is 17.1 Å².